The van der Waals surface area contributed by atoms with Crippen molar-refractivity contribution in [1.82, 2.24) is 4.31 Å². The van der Waals surface area contributed by atoms with Gasteiger partial charge in [0.1, 0.15) is 6.54 Å². The smallest absolute Gasteiger partial charge is 0.245 e. The Balaban J connectivity index is 1.71. The van der Waals surface area contributed by atoms with Gasteiger partial charge in [-0.2, -0.15) is 4.31 Å². The van der Waals surface area contributed by atoms with Gasteiger partial charge in [-0.1, -0.05) is 18.6 Å². The fourth-order valence-electron chi connectivity index (χ4n) is 3.48. The molecule has 0 unspecified atom stereocenters. The molecule has 0 saturated carbocycles. The molecule has 0 aromatic heterocycles. The average Bonchev–Trinajstić information content (AvgIpc) is 2.72. The molecule has 1 fully saturated rings. The van der Waals surface area contributed by atoms with Crippen LogP contribution in [0.2, 0.25) is 0 Å². The van der Waals surface area contributed by atoms with Gasteiger partial charge < -0.3 is 5.32 Å². The molecule has 2 aromatic rings. The van der Waals surface area contributed by atoms with Gasteiger partial charge in [0, 0.05) is 18.8 Å². The van der Waals surface area contributed by atoms with Crippen LogP contribution in [0.15, 0.2) is 53.4 Å². The number of rotatable bonds is 7. The highest BCUT2D eigenvalue weighted by molar-refractivity contribution is 7.92. The SMILES string of the molecule is Cc1cccc(N(CC(=O)Nc2ccc(S(=O)(=O)N3CCCCC3)cc2)S(C)(=O)=O)c1. The number of anilines is 2. The lowest BCUT2D eigenvalue weighted by Gasteiger charge is -2.26. The number of nitrogens with one attached hydrogen (secondary N) is 1. The van der Waals surface area contributed by atoms with E-state index in [0.29, 0.717) is 24.5 Å². The quantitative estimate of drug-likeness (QED) is 0.677. The molecule has 0 aliphatic carbocycles. The van der Waals surface area contributed by atoms with Gasteiger partial charge in [0.15, 0.2) is 0 Å². The molecule has 1 aliphatic heterocycles. The van der Waals surface area contributed by atoms with Gasteiger partial charge in [-0.05, 0) is 61.7 Å². The highest BCUT2D eigenvalue weighted by Crippen LogP contribution is 2.23. The number of benzene rings is 2. The van der Waals surface area contributed by atoms with Gasteiger partial charge in [-0.3, -0.25) is 9.10 Å². The number of carbonyl (C=O) groups excluding carboxylic acids is 1. The molecule has 8 nitrogen and oxygen atoms in total. The summed E-state index contributed by atoms with van der Waals surface area (Å²) in [6.07, 6.45) is 3.78. The Bertz CT molecular complexity index is 1140. The number of carbonyl (C=O) groups is 1. The summed E-state index contributed by atoms with van der Waals surface area (Å²) in [7, 11) is -7.23. The zero-order chi connectivity index (χ0) is 22.6. The molecule has 0 atom stereocenters. The molecule has 1 saturated heterocycles. The van der Waals surface area contributed by atoms with Gasteiger partial charge in [-0.15, -0.1) is 0 Å². The average molecular weight is 466 g/mol. The van der Waals surface area contributed by atoms with E-state index in [9.17, 15) is 21.6 Å². The number of hydrogen-bond donors (Lipinski definition) is 1. The predicted molar refractivity (Wildman–Crippen MR) is 121 cm³/mol. The molecule has 1 aliphatic rings. The first-order valence-corrected chi connectivity index (χ1v) is 13.3. The van der Waals surface area contributed by atoms with Crippen molar-refractivity contribution in [2.75, 3.05) is 35.5 Å². The standard InChI is InChI=1S/C21H27N3O5S2/c1-17-7-6-8-19(15-17)24(30(2,26)27)16-21(25)22-18-9-11-20(12-10-18)31(28,29)23-13-4-3-5-14-23/h6-12,15H,3-5,13-14,16H2,1-2H3,(H,22,25). The van der Waals surface area contributed by atoms with E-state index in [0.717, 1.165) is 35.4 Å². The topological polar surface area (TPSA) is 104 Å². The third kappa shape index (κ3) is 5.84. The summed E-state index contributed by atoms with van der Waals surface area (Å²) in [4.78, 5) is 12.7. The van der Waals surface area contributed by atoms with Crippen molar-refractivity contribution < 1.29 is 21.6 Å². The van der Waals surface area contributed by atoms with Crippen LogP contribution in [0.25, 0.3) is 0 Å². The third-order valence-corrected chi connectivity index (χ3v) is 8.12. The summed E-state index contributed by atoms with van der Waals surface area (Å²) in [6, 6.07) is 12.8. The Labute approximate surface area is 184 Å². The molecule has 2 aromatic carbocycles. The summed E-state index contributed by atoms with van der Waals surface area (Å²) in [6.45, 7) is 2.47. The largest absolute Gasteiger partial charge is 0.325 e. The van der Waals surface area contributed by atoms with E-state index in [2.05, 4.69) is 5.32 Å². The van der Waals surface area contributed by atoms with Crippen LogP contribution in [0.5, 0.6) is 0 Å². The first-order valence-electron chi connectivity index (χ1n) is 10.0. The first-order chi connectivity index (χ1) is 14.6. The molecule has 1 amide bonds. The molecule has 0 bridgehead atoms. The van der Waals surface area contributed by atoms with E-state index < -0.39 is 32.5 Å². The van der Waals surface area contributed by atoms with E-state index in [-0.39, 0.29) is 4.90 Å². The van der Waals surface area contributed by atoms with E-state index in [1.54, 1.807) is 18.2 Å². The van der Waals surface area contributed by atoms with Gasteiger partial charge in [-0.25, -0.2) is 16.8 Å². The van der Waals surface area contributed by atoms with Crippen LogP contribution in [-0.4, -0.2) is 52.9 Å². The minimum atomic E-state index is -3.67. The van der Waals surface area contributed by atoms with Crippen molar-refractivity contribution in [3.63, 3.8) is 0 Å². The fourth-order valence-corrected chi connectivity index (χ4v) is 5.84. The van der Waals surface area contributed by atoms with Crippen LogP contribution < -0.4 is 9.62 Å². The fraction of sp³-hybridized carbons (Fsp3) is 0.381. The molecule has 1 heterocycles. The molecule has 10 heteroatoms. The lowest BCUT2D eigenvalue weighted by atomic mass is 10.2. The molecule has 31 heavy (non-hydrogen) atoms. The lowest BCUT2D eigenvalue weighted by Crippen LogP contribution is -2.37. The van der Waals surface area contributed by atoms with Crippen molar-refractivity contribution >= 4 is 37.3 Å². The highest BCUT2D eigenvalue weighted by atomic mass is 32.2. The van der Waals surface area contributed by atoms with Crippen molar-refractivity contribution in [2.24, 2.45) is 0 Å². The van der Waals surface area contributed by atoms with Crippen molar-refractivity contribution in [2.45, 2.75) is 31.1 Å². The molecular formula is C21H27N3O5S2. The summed E-state index contributed by atoms with van der Waals surface area (Å²) >= 11 is 0. The van der Waals surface area contributed by atoms with E-state index in [4.69, 9.17) is 0 Å². The van der Waals surface area contributed by atoms with Crippen molar-refractivity contribution in [3.05, 3.63) is 54.1 Å². The van der Waals surface area contributed by atoms with Crippen LogP contribution in [0.1, 0.15) is 24.8 Å². The monoisotopic (exact) mass is 465 g/mol. The van der Waals surface area contributed by atoms with Gasteiger partial charge in [0.2, 0.25) is 26.0 Å². The number of amides is 1. The van der Waals surface area contributed by atoms with E-state index in [1.165, 1.54) is 28.6 Å². The van der Waals surface area contributed by atoms with E-state index in [1.807, 2.05) is 13.0 Å². The molecule has 0 spiro atoms. The van der Waals surface area contributed by atoms with Crippen LogP contribution in [0, 0.1) is 6.92 Å². The number of nitrogens with zero attached hydrogens (tertiary/aromatic N) is 2. The Morgan fingerprint density at radius 2 is 1.65 bits per heavy atom. The minimum Gasteiger partial charge on any atom is -0.325 e. The molecule has 3 rings (SSSR count). The maximum absolute atomic E-state index is 12.7. The van der Waals surface area contributed by atoms with Crippen molar-refractivity contribution in [3.8, 4) is 0 Å². The van der Waals surface area contributed by atoms with E-state index >= 15 is 0 Å². The van der Waals surface area contributed by atoms with Crippen LogP contribution >= 0.6 is 0 Å². The highest BCUT2D eigenvalue weighted by Gasteiger charge is 2.26. The van der Waals surface area contributed by atoms with Crippen LogP contribution in [-0.2, 0) is 24.8 Å². The molecular weight excluding hydrogens is 438 g/mol. The second-order valence-corrected chi connectivity index (χ2v) is 11.5. The number of hydrogen-bond acceptors (Lipinski definition) is 5. The zero-order valence-corrected chi connectivity index (χ0v) is 19.2. The summed E-state index contributed by atoms with van der Waals surface area (Å²) in [5.74, 6) is -0.529. The summed E-state index contributed by atoms with van der Waals surface area (Å²) < 4.78 is 52.4. The molecule has 168 valence electrons. The maximum Gasteiger partial charge on any atom is 0.245 e. The van der Waals surface area contributed by atoms with Gasteiger partial charge >= 0.3 is 0 Å². The lowest BCUT2D eigenvalue weighted by molar-refractivity contribution is -0.114. The number of aryl methyl sites for hydroxylation is 1. The van der Waals surface area contributed by atoms with Gasteiger partial charge in [0.25, 0.3) is 0 Å². The Hall–Kier alpha value is -2.43. The Kier molecular flexibility index (Phi) is 7.03. The second-order valence-electron chi connectivity index (χ2n) is 7.65. The number of piperidine rings is 1. The maximum atomic E-state index is 12.7. The first kappa shape index (κ1) is 23.2. The third-order valence-electron chi connectivity index (χ3n) is 5.07. The molecule has 1 N–H and O–H groups in total. The predicted octanol–water partition coefficient (Wildman–Crippen LogP) is 2.57. The molecule has 0 radical (unpaired) electrons. The summed E-state index contributed by atoms with van der Waals surface area (Å²) in [5.41, 5.74) is 1.66. The van der Waals surface area contributed by atoms with Crippen LogP contribution in [0.4, 0.5) is 11.4 Å². The zero-order valence-electron chi connectivity index (χ0n) is 17.6. The normalized spacial score (nSPS) is 15.4. The van der Waals surface area contributed by atoms with Crippen molar-refractivity contribution in [1.29, 1.82) is 0 Å². The number of sulfonamides is 2. The minimum absolute atomic E-state index is 0.171. The Morgan fingerprint density at radius 3 is 2.23 bits per heavy atom. The van der Waals surface area contributed by atoms with Crippen LogP contribution in [0.3, 0.4) is 0 Å². The second kappa shape index (κ2) is 9.37. The summed E-state index contributed by atoms with van der Waals surface area (Å²) in [5, 5.41) is 2.63. The van der Waals surface area contributed by atoms with Gasteiger partial charge in [0.05, 0.1) is 16.8 Å². The Morgan fingerprint density at radius 1 is 1.00 bits per heavy atom.